The minimum atomic E-state index is -0.253. The second-order valence-electron chi connectivity index (χ2n) is 4.30. The van der Waals surface area contributed by atoms with E-state index in [1.54, 1.807) is 24.3 Å². The minimum Gasteiger partial charge on any atom is -0.398 e. The van der Waals surface area contributed by atoms with Crippen LogP contribution in [0.5, 0.6) is 0 Å². The maximum absolute atomic E-state index is 12.2. The molecule has 2 aromatic rings. The van der Waals surface area contributed by atoms with Gasteiger partial charge in [-0.15, -0.1) is 0 Å². The van der Waals surface area contributed by atoms with Gasteiger partial charge in [0.15, 0.2) is 0 Å². The van der Waals surface area contributed by atoms with Crippen LogP contribution in [0.25, 0.3) is 0 Å². The Bertz CT molecular complexity index is 669. The van der Waals surface area contributed by atoms with E-state index < -0.39 is 0 Å². The molecular weight excluding hydrogens is 407 g/mol. The molecular formula is C14H11Br2ClN2O. The van der Waals surface area contributed by atoms with Crippen LogP contribution in [0.4, 0.5) is 11.4 Å². The molecule has 6 heteroatoms. The molecule has 0 atom stereocenters. The summed E-state index contributed by atoms with van der Waals surface area (Å²) >= 11 is 12.6. The van der Waals surface area contributed by atoms with Crippen molar-refractivity contribution in [3.8, 4) is 0 Å². The van der Waals surface area contributed by atoms with Gasteiger partial charge in [-0.3, -0.25) is 4.79 Å². The van der Waals surface area contributed by atoms with E-state index in [0.717, 1.165) is 14.5 Å². The molecule has 0 unspecified atom stereocenters. The zero-order valence-corrected chi connectivity index (χ0v) is 14.4. The number of nitrogens with two attached hydrogens (primary N) is 1. The summed E-state index contributed by atoms with van der Waals surface area (Å²) in [5, 5.41) is 3.30. The molecule has 0 aliphatic heterocycles. The maximum Gasteiger partial charge on any atom is 0.255 e. The molecule has 0 radical (unpaired) electrons. The summed E-state index contributed by atoms with van der Waals surface area (Å²) in [7, 11) is 0. The number of rotatable bonds is 2. The fourth-order valence-corrected chi connectivity index (χ4v) is 3.08. The SMILES string of the molecule is Cc1cc(Br)c(NC(=O)c2cc(Cl)cc(Br)c2)cc1N. The molecule has 104 valence electrons. The van der Waals surface area contributed by atoms with E-state index in [2.05, 4.69) is 37.2 Å². The summed E-state index contributed by atoms with van der Waals surface area (Å²) in [6.45, 7) is 1.90. The first kappa shape index (κ1) is 15.4. The lowest BCUT2D eigenvalue weighted by Gasteiger charge is -2.10. The Morgan fingerprint density at radius 1 is 1.20 bits per heavy atom. The first-order chi connectivity index (χ1) is 9.36. The Hall–Kier alpha value is -1.04. The topological polar surface area (TPSA) is 55.1 Å². The second-order valence-corrected chi connectivity index (χ2v) is 6.51. The van der Waals surface area contributed by atoms with Crippen molar-refractivity contribution in [2.75, 3.05) is 11.1 Å². The van der Waals surface area contributed by atoms with E-state index >= 15 is 0 Å². The van der Waals surface area contributed by atoms with E-state index in [4.69, 9.17) is 17.3 Å². The first-order valence-corrected chi connectivity index (χ1v) is 7.66. The third kappa shape index (κ3) is 3.53. The molecule has 0 bridgehead atoms. The van der Waals surface area contributed by atoms with E-state index in [0.29, 0.717) is 22.0 Å². The third-order valence-electron chi connectivity index (χ3n) is 2.73. The highest BCUT2D eigenvalue weighted by atomic mass is 79.9. The predicted molar refractivity (Wildman–Crippen MR) is 90.4 cm³/mol. The van der Waals surface area contributed by atoms with Crippen molar-refractivity contribution in [3.63, 3.8) is 0 Å². The van der Waals surface area contributed by atoms with Gasteiger partial charge in [0.25, 0.3) is 5.91 Å². The molecule has 0 saturated heterocycles. The van der Waals surface area contributed by atoms with Crippen LogP contribution in [-0.2, 0) is 0 Å². The van der Waals surface area contributed by atoms with Gasteiger partial charge < -0.3 is 11.1 Å². The Morgan fingerprint density at radius 2 is 1.90 bits per heavy atom. The standard InChI is InChI=1S/C14H11Br2ClN2O/c1-7-2-11(16)13(6-12(7)18)19-14(20)8-3-9(15)5-10(17)4-8/h2-6H,18H2,1H3,(H,19,20). The van der Waals surface area contributed by atoms with Crippen LogP contribution in [0.2, 0.25) is 5.02 Å². The number of hydrogen-bond donors (Lipinski definition) is 2. The smallest absolute Gasteiger partial charge is 0.255 e. The molecule has 1 amide bonds. The lowest BCUT2D eigenvalue weighted by Crippen LogP contribution is -2.12. The summed E-state index contributed by atoms with van der Waals surface area (Å²) in [4.78, 5) is 12.2. The molecule has 0 fully saturated rings. The summed E-state index contributed by atoms with van der Waals surface area (Å²) < 4.78 is 1.52. The van der Waals surface area contributed by atoms with E-state index in [1.165, 1.54) is 0 Å². The molecule has 0 heterocycles. The summed E-state index contributed by atoms with van der Waals surface area (Å²) in [5.41, 5.74) is 8.50. The van der Waals surface area contributed by atoms with Gasteiger partial charge in [-0.2, -0.15) is 0 Å². The van der Waals surface area contributed by atoms with Crippen LogP contribution >= 0.6 is 43.5 Å². The molecule has 0 aromatic heterocycles. The highest BCUT2D eigenvalue weighted by Gasteiger charge is 2.11. The highest BCUT2D eigenvalue weighted by molar-refractivity contribution is 9.10. The number of nitrogens with one attached hydrogen (secondary N) is 1. The number of aryl methyl sites for hydroxylation is 1. The zero-order valence-electron chi connectivity index (χ0n) is 10.5. The zero-order chi connectivity index (χ0) is 14.9. The molecule has 3 nitrogen and oxygen atoms in total. The number of hydrogen-bond acceptors (Lipinski definition) is 2. The minimum absolute atomic E-state index is 0.253. The van der Waals surface area contributed by atoms with Crippen molar-refractivity contribution in [3.05, 3.63) is 55.4 Å². The summed E-state index contributed by atoms with van der Waals surface area (Å²) in [6.07, 6.45) is 0. The van der Waals surface area contributed by atoms with E-state index in [1.807, 2.05) is 13.0 Å². The van der Waals surface area contributed by atoms with Crippen LogP contribution in [0, 0.1) is 6.92 Å². The summed E-state index contributed by atoms with van der Waals surface area (Å²) in [5.74, 6) is -0.253. The van der Waals surface area contributed by atoms with Gasteiger partial charge in [-0.25, -0.2) is 0 Å². The molecule has 0 aliphatic carbocycles. The molecule has 20 heavy (non-hydrogen) atoms. The normalized spacial score (nSPS) is 10.4. The number of amides is 1. The van der Waals surface area contributed by atoms with Gasteiger partial charge >= 0.3 is 0 Å². The molecule has 3 N–H and O–H groups in total. The molecule has 2 rings (SSSR count). The molecule has 0 spiro atoms. The third-order valence-corrected chi connectivity index (χ3v) is 4.06. The van der Waals surface area contributed by atoms with Crippen LogP contribution in [0.1, 0.15) is 15.9 Å². The maximum atomic E-state index is 12.2. The van der Waals surface area contributed by atoms with Crippen molar-refractivity contribution < 1.29 is 4.79 Å². The highest BCUT2D eigenvalue weighted by Crippen LogP contribution is 2.28. The van der Waals surface area contributed by atoms with Crippen LogP contribution in [0.15, 0.2) is 39.3 Å². The number of nitrogen functional groups attached to an aromatic ring is 1. The van der Waals surface area contributed by atoms with Gasteiger partial charge in [0, 0.05) is 25.2 Å². The monoisotopic (exact) mass is 416 g/mol. The van der Waals surface area contributed by atoms with Crippen LogP contribution in [-0.4, -0.2) is 5.91 Å². The fraction of sp³-hybridized carbons (Fsp3) is 0.0714. The number of benzene rings is 2. The number of anilines is 2. The average molecular weight is 419 g/mol. The Balaban J connectivity index is 2.30. The lowest BCUT2D eigenvalue weighted by atomic mass is 10.1. The Labute approximate surface area is 138 Å². The van der Waals surface area contributed by atoms with Gasteiger partial charge in [0.2, 0.25) is 0 Å². The lowest BCUT2D eigenvalue weighted by molar-refractivity contribution is 0.102. The number of halogens is 3. The van der Waals surface area contributed by atoms with Crippen molar-refractivity contribution in [2.45, 2.75) is 6.92 Å². The van der Waals surface area contributed by atoms with Crippen molar-refractivity contribution in [1.29, 1.82) is 0 Å². The van der Waals surface area contributed by atoms with Gasteiger partial charge in [0.05, 0.1) is 5.69 Å². The second kappa shape index (κ2) is 6.16. The van der Waals surface area contributed by atoms with Gasteiger partial charge in [-0.1, -0.05) is 27.5 Å². The number of carbonyl (C=O) groups is 1. The van der Waals surface area contributed by atoms with Crippen molar-refractivity contribution in [1.82, 2.24) is 0 Å². The van der Waals surface area contributed by atoms with E-state index in [-0.39, 0.29) is 5.91 Å². The van der Waals surface area contributed by atoms with Gasteiger partial charge in [-0.05, 0) is 58.7 Å². The van der Waals surface area contributed by atoms with Crippen LogP contribution in [0.3, 0.4) is 0 Å². The average Bonchev–Trinajstić information content (AvgIpc) is 2.34. The van der Waals surface area contributed by atoms with Gasteiger partial charge in [0.1, 0.15) is 0 Å². The van der Waals surface area contributed by atoms with Crippen LogP contribution < -0.4 is 11.1 Å². The first-order valence-electron chi connectivity index (χ1n) is 5.70. The molecule has 2 aromatic carbocycles. The van der Waals surface area contributed by atoms with Crippen molar-refractivity contribution >= 4 is 60.7 Å². The number of carbonyl (C=O) groups excluding carboxylic acids is 1. The Morgan fingerprint density at radius 3 is 2.55 bits per heavy atom. The fourth-order valence-electron chi connectivity index (χ4n) is 1.66. The predicted octanol–water partition coefficient (Wildman–Crippen LogP) is 5.01. The summed E-state index contributed by atoms with van der Waals surface area (Å²) in [6, 6.07) is 8.60. The van der Waals surface area contributed by atoms with Crippen molar-refractivity contribution in [2.24, 2.45) is 0 Å². The largest absolute Gasteiger partial charge is 0.398 e. The molecule has 0 saturated carbocycles. The van der Waals surface area contributed by atoms with E-state index in [9.17, 15) is 4.79 Å². The Kier molecular flexibility index (Phi) is 4.73. The molecule has 0 aliphatic rings. The quantitative estimate of drug-likeness (QED) is 0.674.